The third kappa shape index (κ3) is 10.4. The van der Waals surface area contributed by atoms with E-state index in [1.54, 1.807) is 33.8 Å². The van der Waals surface area contributed by atoms with Gasteiger partial charge in [-0.05, 0) is 68.4 Å². The van der Waals surface area contributed by atoms with E-state index in [0.717, 1.165) is 4.90 Å². The Hall–Kier alpha value is -4.49. The van der Waals surface area contributed by atoms with Crippen LogP contribution >= 0.6 is 0 Å². The number of rotatable bonds is 11. The van der Waals surface area contributed by atoms with E-state index in [0.29, 0.717) is 31.4 Å². The molecule has 2 bridgehead atoms. The lowest BCUT2D eigenvalue weighted by Gasteiger charge is -2.36. The predicted octanol–water partition coefficient (Wildman–Crippen LogP) is 5.59. The number of amides is 4. The molecule has 6 rings (SSSR count). The van der Waals surface area contributed by atoms with Gasteiger partial charge in [0.25, 0.3) is 11.8 Å². The average Bonchev–Trinajstić information content (AvgIpc) is 4.12. The van der Waals surface area contributed by atoms with E-state index in [9.17, 15) is 36.4 Å². The molecule has 20 heteroatoms. The summed E-state index contributed by atoms with van der Waals surface area (Å²) >= 11 is 0. The second-order valence-electron chi connectivity index (χ2n) is 17.7. The number of ether oxygens (including phenoxy) is 3. The number of nitrogens with one attached hydrogen (secondary N) is 3. The molecule has 4 aliphatic rings. The minimum absolute atomic E-state index is 0.0665. The first-order chi connectivity index (χ1) is 28.7. The van der Waals surface area contributed by atoms with E-state index in [1.165, 1.54) is 26.2 Å². The molecule has 15 nitrogen and oxygen atoms in total. The number of alkyl carbamates (subject to hydrolysis) is 1. The molecule has 4 amide bonds. The highest BCUT2D eigenvalue weighted by Crippen LogP contribution is 2.43. The fraction of sp³-hybridized carbons (Fsp3) is 0.707. The Bertz CT molecular complexity index is 2090. The van der Waals surface area contributed by atoms with Gasteiger partial charge in [-0.3, -0.25) is 19.1 Å². The molecule has 2 aromatic rings. The highest BCUT2D eigenvalue weighted by molar-refractivity contribution is 7.90. The van der Waals surface area contributed by atoms with Gasteiger partial charge in [0.05, 0.1) is 29.9 Å². The summed E-state index contributed by atoms with van der Waals surface area (Å²) in [7, 11) is -2.82. The highest BCUT2D eigenvalue weighted by atomic mass is 32.2. The van der Waals surface area contributed by atoms with Crippen LogP contribution in [0.3, 0.4) is 0 Å². The fourth-order valence-electron chi connectivity index (χ4n) is 8.32. The van der Waals surface area contributed by atoms with Crippen molar-refractivity contribution in [2.45, 2.75) is 147 Å². The lowest BCUT2D eigenvalue weighted by atomic mass is 9.85. The molecule has 0 unspecified atom stereocenters. The molecule has 3 N–H and O–H groups in total. The van der Waals surface area contributed by atoms with E-state index >= 15 is 8.78 Å². The summed E-state index contributed by atoms with van der Waals surface area (Å²) in [6.07, 6.45) is -4.24. The quantitative estimate of drug-likeness (QED) is 0.238. The molecule has 61 heavy (non-hydrogen) atoms. The molecular weight excluding hydrogens is 829 g/mol. The van der Waals surface area contributed by atoms with Gasteiger partial charge in [0.15, 0.2) is 5.69 Å². The third-order valence-corrected chi connectivity index (χ3v) is 13.9. The van der Waals surface area contributed by atoms with Crippen LogP contribution in [0, 0.1) is 23.2 Å². The van der Waals surface area contributed by atoms with Gasteiger partial charge < -0.3 is 29.7 Å². The van der Waals surface area contributed by atoms with Gasteiger partial charge >= 0.3 is 6.09 Å². The van der Waals surface area contributed by atoms with Gasteiger partial charge in [0.1, 0.15) is 36.1 Å². The summed E-state index contributed by atoms with van der Waals surface area (Å²) in [6.45, 7) is 7.71. The van der Waals surface area contributed by atoms with Gasteiger partial charge in [-0.2, -0.15) is 8.78 Å². The van der Waals surface area contributed by atoms with Crippen molar-refractivity contribution in [2.24, 2.45) is 23.2 Å². The predicted molar refractivity (Wildman–Crippen MR) is 213 cm³/mol. The number of nitrogens with zero attached hydrogens (tertiary/aromatic N) is 3. The van der Waals surface area contributed by atoms with Crippen LogP contribution in [0.2, 0.25) is 0 Å². The number of halogens is 4. The van der Waals surface area contributed by atoms with Gasteiger partial charge in [0.2, 0.25) is 34.1 Å². The van der Waals surface area contributed by atoms with Crippen molar-refractivity contribution < 1.29 is 59.4 Å². The van der Waals surface area contributed by atoms with Crippen molar-refractivity contribution in [1.29, 1.82) is 0 Å². The van der Waals surface area contributed by atoms with Crippen LogP contribution in [0.25, 0.3) is 11.0 Å². The van der Waals surface area contributed by atoms with Crippen LogP contribution < -0.4 is 24.8 Å². The Labute approximate surface area is 352 Å². The van der Waals surface area contributed by atoms with Crippen molar-refractivity contribution in [3.8, 4) is 11.6 Å². The molecule has 2 saturated carbocycles. The number of hydrogen-bond donors (Lipinski definition) is 3. The van der Waals surface area contributed by atoms with E-state index in [2.05, 4.69) is 20.6 Å². The molecule has 3 heterocycles. The Kier molecular flexibility index (Phi) is 13.6. The Morgan fingerprint density at radius 2 is 1.77 bits per heavy atom. The maximum atomic E-state index is 16.4. The Morgan fingerprint density at radius 3 is 2.39 bits per heavy atom. The number of aromatic nitrogens is 2. The minimum atomic E-state index is -4.24. The Balaban J connectivity index is 1.46. The summed E-state index contributed by atoms with van der Waals surface area (Å²) in [5.74, 6) is -9.96. The molecular formula is C41H56F4N6O9S. The van der Waals surface area contributed by atoms with E-state index in [1.807, 2.05) is 4.72 Å². The van der Waals surface area contributed by atoms with Crippen LogP contribution in [0.4, 0.5) is 22.4 Å². The average molecular weight is 885 g/mol. The SMILES string of the molecule is CCC[C@@H]1[C@@H]2CN(C(=O)[C@H](C(C)(C)C)NC(=O)O[C@@H]3C[C@H]3CCCCC(F)(F)c3nc4ccc(OC)cc4nc3O2)[C@@H]1C(=O)N[C@@H](C(=O)NS(=O)(=O)C1CC1)[C@@H](CC)C(F)F. The van der Waals surface area contributed by atoms with Crippen molar-refractivity contribution in [3.05, 3.63) is 23.9 Å². The zero-order valence-electron chi connectivity index (χ0n) is 35.2. The lowest BCUT2D eigenvalue weighted by molar-refractivity contribution is -0.144. The van der Waals surface area contributed by atoms with E-state index < -0.39 is 124 Å². The zero-order valence-corrected chi connectivity index (χ0v) is 36.0. The second kappa shape index (κ2) is 18.1. The molecule has 1 saturated heterocycles. The number of carbonyl (C=O) groups excluding carboxylic acids is 4. The lowest BCUT2D eigenvalue weighted by Crippen LogP contribution is -2.61. The number of benzene rings is 1. The summed E-state index contributed by atoms with van der Waals surface area (Å²) in [5, 5.41) is 4.15. The molecule has 2 aliphatic carbocycles. The van der Waals surface area contributed by atoms with E-state index in [-0.39, 0.29) is 49.1 Å². The van der Waals surface area contributed by atoms with Crippen LogP contribution in [0.1, 0.15) is 105 Å². The van der Waals surface area contributed by atoms with Crippen LogP contribution in [0.5, 0.6) is 11.6 Å². The number of methoxy groups -OCH3 is 1. The number of hydrogen-bond acceptors (Lipinski definition) is 11. The van der Waals surface area contributed by atoms with Crippen molar-refractivity contribution >= 4 is 44.9 Å². The van der Waals surface area contributed by atoms with Crippen molar-refractivity contribution in [1.82, 2.24) is 30.2 Å². The smallest absolute Gasteiger partial charge is 0.408 e. The van der Waals surface area contributed by atoms with E-state index in [4.69, 9.17) is 14.2 Å². The second-order valence-corrected chi connectivity index (χ2v) is 19.7. The van der Waals surface area contributed by atoms with Gasteiger partial charge in [0, 0.05) is 24.3 Å². The largest absolute Gasteiger partial charge is 0.497 e. The molecule has 3 fully saturated rings. The molecule has 338 valence electrons. The van der Waals surface area contributed by atoms with Crippen LogP contribution in [0.15, 0.2) is 18.2 Å². The summed E-state index contributed by atoms with van der Waals surface area (Å²) in [5.41, 5.74) is -1.47. The normalized spacial score (nSPS) is 27.0. The monoisotopic (exact) mass is 884 g/mol. The van der Waals surface area contributed by atoms with Gasteiger partial charge in [-0.15, -0.1) is 0 Å². The number of carbonyl (C=O) groups is 4. The summed E-state index contributed by atoms with van der Waals surface area (Å²) in [4.78, 5) is 66.5. The molecule has 8 atom stereocenters. The fourth-order valence-corrected chi connectivity index (χ4v) is 9.66. The molecule has 1 aromatic heterocycles. The molecule has 2 aliphatic heterocycles. The van der Waals surface area contributed by atoms with Crippen molar-refractivity contribution in [2.75, 3.05) is 13.7 Å². The summed E-state index contributed by atoms with van der Waals surface area (Å²) in [6, 6.07) is -0.477. The zero-order chi connectivity index (χ0) is 44.6. The van der Waals surface area contributed by atoms with Gasteiger partial charge in [-0.25, -0.2) is 32.0 Å². The topological polar surface area (TPSA) is 195 Å². The third-order valence-electron chi connectivity index (χ3n) is 12.0. The minimum Gasteiger partial charge on any atom is -0.497 e. The molecule has 1 aromatic carbocycles. The highest BCUT2D eigenvalue weighted by Gasteiger charge is 2.54. The first kappa shape index (κ1) is 46.0. The number of sulfonamides is 1. The van der Waals surface area contributed by atoms with Crippen molar-refractivity contribution in [3.63, 3.8) is 0 Å². The Morgan fingerprint density at radius 1 is 1.05 bits per heavy atom. The molecule has 0 radical (unpaired) electrons. The van der Waals surface area contributed by atoms with Crippen LogP contribution in [-0.2, 0) is 35.1 Å². The molecule has 0 spiro atoms. The van der Waals surface area contributed by atoms with Crippen LogP contribution in [-0.4, -0.2) is 103 Å². The maximum Gasteiger partial charge on any atom is 0.408 e. The number of fused-ring (bicyclic) bond motifs is 5. The number of alkyl halides is 4. The maximum absolute atomic E-state index is 16.4. The first-order valence-corrected chi connectivity index (χ1v) is 22.6. The van der Waals surface area contributed by atoms with Gasteiger partial charge in [-0.1, -0.05) is 47.5 Å². The summed E-state index contributed by atoms with van der Waals surface area (Å²) < 4.78 is 107. The first-order valence-electron chi connectivity index (χ1n) is 21.0. The standard InChI is InChI=1S/C41H56F4N6O9S/c1-7-11-25-29-20-51(31(25)36(53)48-30(24(8-2)34(42)43)35(52)50-61(56,57)23-14-15-23)38(54)33(40(3,4)5)49-39(55)60-28-18-21(28)12-9-10-17-41(44,45)32-37(59-29)47-27-19-22(58-6)13-16-26(27)46-32/h13,16,19,21,23-25,28-31,33-34H,7-12,14-15,17-18,20H2,1-6H3,(H,48,53)(H,49,55)(H,50,52)/t21-,24-,25-,28-,29+,30-,31+,33-/m1/s1.